The lowest BCUT2D eigenvalue weighted by molar-refractivity contribution is 0.0964. The first-order valence-corrected chi connectivity index (χ1v) is 7.52. The highest BCUT2D eigenvalue weighted by Crippen LogP contribution is 2.20. The van der Waals surface area contributed by atoms with E-state index < -0.39 is 21.7 Å². The molecule has 110 valence electrons. The minimum atomic E-state index is -3.89. The first-order valence-electron chi connectivity index (χ1n) is 6.03. The van der Waals surface area contributed by atoms with Crippen LogP contribution in [0.4, 0.5) is 10.1 Å². The highest BCUT2D eigenvalue weighted by atomic mass is 32.2. The fourth-order valence-electron chi connectivity index (χ4n) is 1.72. The summed E-state index contributed by atoms with van der Waals surface area (Å²) in [5.41, 5.74) is 0.354. The van der Waals surface area contributed by atoms with Gasteiger partial charge < -0.3 is 5.32 Å². The van der Waals surface area contributed by atoms with E-state index in [0.717, 1.165) is 24.3 Å². The number of carbonyl (C=O) groups excluding carboxylic acids is 1. The number of nitrogens with one attached hydrogen (secondary N) is 2. The van der Waals surface area contributed by atoms with Crippen LogP contribution in [-0.2, 0) is 10.0 Å². The molecule has 0 bridgehead atoms. The number of rotatable bonds is 4. The molecular weight excluding hydrogens is 295 g/mol. The van der Waals surface area contributed by atoms with Crippen molar-refractivity contribution < 1.29 is 17.6 Å². The van der Waals surface area contributed by atoms with Crippen LogP contribution in [0.15, 0.2) is 53.4 Å². The molecule has 2 aromatic carbocycles. The Balaban J connectivity index is 2.37. The standard InChI is InChI=1S/C14H13FN2O3S/c1-16-14(18)12-4-2-3-5-13(12)17-21(19,20)11-8-6-10(15)7-9-11/h2-9,17H,1H3,(H,16,18). The Hall–Kier alpha value is -2.41. The lowest BCUT2D eigenvalue weighted by Gasteiger charge is -2.11. The van der Waals surface area contributed by atoms with Gasteiger partial charge in [-0.15, -0.1) is 0 Å². The number of para-hydroxylation sites is 1. The maximum atomic E-state index is 12.8. The van der Waals surface area contributed by atoms with Crippen LogP contribution in [-0.4, -0.2) is 21.4 Å². The lowest BCUT2D eigenvalue weighted by atomic mass is 10.2. The SMILES string of the molecule is CNC(=O)c1ccccc1NS(=O)(=O)c1ccc(F)cc1. The summed E-state index contributed by atoms with van der Waals surface area (Å²) in [5, 5.41) is 2.43. The molecule has 21 heavy (non-hydrogen) atoms. The predicted molar refractivity (Wildman–Crippen MR) is 77.0 cm³/mol. The number of hydrogen-bond acceptors (Lipinski definition) is 3. The molecule has 0 aliphatic rings. The predicted octanol–water partition coefficient (Wildman–Crippen LogP) is 1.99. The molecule has 0 saturated carbocycles. The first kappa shape index (κ1) is 15.0. The van der Waals surface area contributed by atoms with E-state index in [2.05, 4.69) is 10.0 Å². The molecule has 0 aromatic heterocycles. The molecular formula is C14H13FN2O3S. The van der Waals surface area contributed by atoms with Crippen LogP contribution >= 0.6 is 0 Å². The first-order chi connectivity index (χ1) is 9.94. The van der Waals surface area contributed by atoms with Crippen molar-refractivity contribution in [3.05, 3.63) is 59.9 Å². The Morgan fingerprint density at radius 2 is 1.67 bits per heavy atom. The molecule has 0 aliphatic heterocycles. The van der Waals surface area contributed by atoms with Gasteiger partial charge in [0.1, 0.15) is 5.82 Å². The summed E-state index contributed by atoms with van der Waals surface area (Å²) in [6, 6.07) is 10.6. The quantitative estimate of drug-likeness (QED) is 0.907. The van der Waals surface area contributed by atoms with E-state index in [1.165, 1.54) is 19.2 Å². The van der Waals surface area contributed by atoms with Gasteiger partial charge in [-0.2, -0.15) is 0 Å². The number of carbonyl (C=O) groups is 1. The Bertz CT molecular complexity index is 758. The largest absolute Gasteiger partial charge is 0.355 e. The Kier molecular flexibility index (Phi) is 4.23. The minimum Gasteiger partial charge on any atom is -0.355 e. The van der Waals surface area contributed by atoms with Gasteiger partial charge in [0.25, 0.3) is 15.9 Å². The van der Waals surface area contributed by atoms with Crippen molar-refractivity contribution in [3.8, 4) is 0 Å². The summed E-state index contributed by atoms with van der Waals surface area (Å²) in [7, 11) is -2.44. The number of halogens is 1. The molecule has 1 amide bonds. The Morgan fingerprint density at radius 3 is 2.29 bits per heavy atom. The van der Waals surface area contributed by atoms with Gasteiger partial charge in [-0.25, -0.2) is 12.8 Å². The van der Waals surface area contributed by atoms with Crippen molar-refractivity contribution in [2.75, 3.05) is 11.8 Å². The Labute approximate surface area is 121 Å². The topological polar surface area (TPSA) is 75.3 Å². The van der Waals surface area contributed by atoms with E-state index in [1.54, 1.807) is 12.1 Å². The van der Waals surface area contributed by atoms with Crippen LogP contribution in [0.5, 0.6) is 0 Å². The van der Waals surface area contributed by atoms with Gasteiger partial charge >= 0.3 is 0 Å². The summed E-state index contributed by atoms with van der Waals surface area (Å²) in [6.45, 7) is 0. The van der Waals surface area contributed by atoms with Gasteiger partial charge in [0, 0.05) is 7.05 Å². The second kappa shape index (κ2) is 5.92. The smallest absolute Gasteiger partial charge is 0.261 e. The van der Waals surface area contributed by atoms with Crippen LogP contribution in [0, 0.1) is 5.82 Å². The molecule has 0 aliphatic carbocycles. The van der Waals surface area contributed by atoms with Crippen molar-refractivity contribution in [1.29, 1.82) is 0 Å². The molecule has 2 rings (SSSR count). The molecule has 2 N–H and O–H groups in total. The molecule has 0 fully saturated rings. The summed E-state index contributed by atoms with van der Waals surface area (Å²) >= 11 is 0. The van der Waals surface area contributed by atoms with Gasteiger partial charge in [-0.05, 0) is 36.4 Å². The highest BCUT2D eigenvalue weighted by molar-refractivity contribution is 7.92. The number of benzene rings is 2. The van der Waals surface area contributed by atoms with E-state index in [1.807, 2.05) is 0 Å². The molecule has 0 radical (unpaired) electrons. The highest BCUT2D eigenvalue weighted by Gasteiger charge is 2.17. The van der Waals surface area contributed by atoms with Crippen molar-refractivity contribution in [1.82, 2.24) is 5.32 Å². The van der Waals surface area contributed by atoms with Gasteiger partial charge in [0.2, 0.25) is 0 Å². The summed E-state index contributed by atoms with van der Waals surface area (Å²) in [6.07, 6.45) is 0. The Morgan fingerprint density at radius 1 is 1.05 bits per heavy atom. The summed E-state index contributed by atoms with van der Waals surface area (Å²) < 4.78 is 39.6. The molecule has 0 atom stereocenters. The van der Waals surface area contributed by atoms with E-state index >= 15 is 0 Å². The van der Waals surface area contributed by atoms with Crippen molar-refractivity contribution in [2.24, 2.45) is 0 Å². The van der Waals surface area contributed by atoms with E-state index in [-0.39, 0.29) is 16.1 Å². The number of amides is 1. The molecule has 0 heterocycles. The molecule has 7 heteroatoms. The van der Waals surface area contributed by atoms with Crippen LogP contribution < -0.4 is 10.0 Å². The summed E-state index contributed by atoms with van der Waals surface area (Å²) in [4.78, 5) is 11.6. The monoisotopic (exact) mass is 308 g/mol. The molecule has 0 unspecified atom stereocenters. The van der Waals surface area contributed by atoms with Crippen molar-refractivity contribution in [2.45, 2.75) is 4.90 Å². The van der Waals surface area contributed by atoms with Gasteiger partial charge in [-0.1, -0.05) is 12.1 Å². The maximum Gasteiger partial charge on any atom is 0.261 e. The molecule has 0 saturated heterocycles. The second-order valence-electron chi connectivity index (χ2n) is 4.18. The zero-order valence-electron chi connectivity index (χ0n) is 11.1. The van der Waals surface area contributed by atoms with E-state index in [9.17, 15) is 17.6 Å². The fourth-order valence-corrected chi connectivity index (χ4v) is 2.80. The third-order valence-corrected chi connectivity index (χ3v) is 4.15. The van der Waals surface area contributed by atoms with Crippen LogP contribution in [0.1, 0.15) is 10.4 Å². The average molecular weight is 308 g/mol. The normalized spacial score (nSPS) is 11.0. The van der Waals surface area contributed by atoms with E-state index in [0.29, 0.717) is 0 Å². The van der Waals surface area contributed by atoms with Crippen molar-refractivity contribution in [3.63, 3.8) is 0 Å². The number of hydrogen-bond donors (Lipinski definition) is 2. The minimum absolute atomic E-state index is 0.0874. The molecule has 2 aromatic rings. The zero-order chi connectivity index (χ0) is 15.5. The van der Waals surface area contributed by atoms with Gasteiger partial charge in [0.05, 0.1) is 16.1 Å². The fraction of sp³-hybridized carbons (Fsp3) is 0.0714. The van der Waals surface area contributed by atoms with E-state index in [4.69, 9.17) is 0 Å². The van der Waals surface area contributed by atoms with Gasteiger partial charge in [0.15, 0.2) is 0 Å². The summed E-state index contributed by atoms with van der Waals surface area (Å²) in [5.74, 6) is -0.938. The third-order valence-electron chi connectivity index (χ3n) is 2.77. The second-order valence-corrected chi connectivity index (χ2v) is 5.87. The van der Waals surface area contributed by atoms with Crippen LogP contribution in [0.3, 0.4) is 0 Å². The lowest BCUT2D eigenvalue weighted by Crippen LogP contribution is -2.21. The van der Waals surface area contributed by atoms with Crippen LogP contribution in [0.2, 0.25) is 0 Å². The van der Waals surface area contributed by atoms with Gasteiger partial charge in [-0.3, -0.25) is 9.52 Å². The number of anilines is 1. The maximum absolute atomic E-state index is 12.8. The zero-order valence-corrected chi connectivity index (χ0v) is 11.9. The van der Waals surface area contributed by atoms with Crippen molar-refractivity contribution >= 4 is 21.6 Å². The van der Waals surface area contributed by atoms with Crippen LogP contribution in [0.25, 0.3) is 0 Å². The molecule has 5 nitrogen and oxygen atoms in total. The number of sulfonamides is 1. The third kappa shape index (κ3) is 3.38. The average Bonchev–Trinajstić information content (AvgIpc) is 2.47. The molecule has 0 spiro atoms.